The second-order valence-electron chi connectivity index (χ2n) is 6.03. The van der Waals surface area contributed by atoms with Gasteiger partial charge in [-0.25, -0.2) is 14.5 Å². The fourth-order valence-corrected chi connectivity index (χ4v) is 3.82. The summed E-state index contributed by atoms with van der Waals surface area (Å²) >= 11 is 7.60. The average molecular weight is 393 g/mol. The number of fused-ring (bicyclic) bond motifs is 3. The minimum Gasteiger partial charge on any atom is -0.489 e. The molecule has 5 aromatic rings. The molecule has 0 radical (unpaired) electrons. The normalized spacial score (nSPS) is 11.3. The third-order valence-electron chi connectivity index (χ3n) is 4.19. The van der Waals surface area contributed by atoms with E-state index in [1.165, 1.54) is 0 Å². The average Bonchev–Trinajstić information content (AvgIpc) is 3.33. The molecule has 2 aromatic carbocycles. The monoisotopic (exact) mass is 392 g/mol. The molecule has 0 aliphatic rings. The largest absolute Gasteiger partial charge is 0.489 e. The molecule has 0 fully saturated rings. The van der Waals surface area contributed by atoms with Crippen molar-refractivity contribution in [2.24, 2.45) is 0 Å². The minimum atomic E-state index is 0.442. The first-order valence-corrected chi connectivity index (χ1v) is 9.58. The van der Waals surface area contributed by atoms with Crippen LogP contribution in [-0.2, 0) is 6.61 Å². The molecule has 0 bridgehead atoms. The lowest BCUT2D eigenvalue weighted by atomic mass is 10.1. The molecule has 0 spiro atoms. The number of nitrogens with zero attached hydrogens (tertiary/aromatic N) is 4. The van der Waals surface area contributed by atoms with Gasteiger partial charge in [0.2, 0.25) is 0 Å². The van der Waals surface area contributed by atoms with Crippen LogP contribution in [-0.4, -0.2) is 19.6 Å². The molecule has 5 nitrogen and oxygen atoms in total. The highest BCUT2D eigenvalue weighted by Gasteiger charge is 2.11. The first kappa shape index (κ1) is 16.2. The Morgan fingerprint density at radius 2 is 2.00 bits per heavy atom. The number of ether oxygens (including phenoxy) is 1. The van der Waals surface area contributed by atoms with E-state index in [2.05, 4.69) is 10.1 Å². The lowest BCUT2D eigenvalue weighted by Gasteiger charge is -2.07. The zero-order valence-electron chi connectivity index (χ0n) is 14.0. The molecule has 0 unspecified atom stereocenters. The van der Waals surface area contributed by atoms with Crippen molar-refractivity contribution in [2.75, 3.05) is 0 Å². The number of benzene rings is 2. The third-order valence-corrected chi connectivity index (χ3v) is 5.24. The van der Waals surface area contributed by atoms with Gasteiger partial charge >= 0.3 is 0 Å². The zero-order chi connectivity index (χ0) is 18.2. The van der Waals surface area contributed by atoms with Crippen LogP contribution in [0, 0.1) is 0 Å². The molecule has 5 rings (SSSR count). The Bertz CT molecular complexity index is 1260. The van der Waals surface area contributed by atoms with Crippen molar-refractivity contribution < 1.29 is 4.74 Å². The molecule has 132 valence electrons. The van der Waals surface area contributed by atoms with Crippen LogP contribution in [0.4, 0.5) is 0 Å². The minimum absolute atomic E-state index is 0.442. The van der Waals surface area contributed by atoms with Gasteiger partial charge in [0.25, 0.3) is 0 Å². The topological polar surface area (TPSA) is 52.3 Å². The van der Waals surface area contributed by atoms with E-state index in [0.29, 0.717) is 17.5 Å². The van der Waals surface area contributed by atoms with Gasteiger partial charge in [0, 0.05) is 10.6 Å². The molecular weight excluding hydrogens is 380 g/mol. The smallest absolute Gasteiger partial charge is 0.182 e. The van der Waals surface area contributed by atoms with Crippen molar-refractivity contribution >= 4 is 38.8 Å². The summed E-state index contributed by atoms with van der Waals surface area (Å²) in [5.74, 6) is 1.41. The molecule has 0 saturated carbocycles. The third kappa shape index (κ3) is 3.13. The highest BCUT2D eigenvalue weighted by molar-refractivity contribution is 7.16. The van der Waals surface area contributed by atoms with Gasteiger partial charge in [0.05, 0.1) is 5.39 Å². The lowest BCUT2D eigenvalue weighted by molar-refractivity contribution is 0.306. The van der Waals surface area contributed by atoms with E-state index in [-0.39, 0.29) is 0 Å². The molecule has 0 aliphatic carbocycles. The van der Waals surface area contributed by atoms with E-state index in [9.17, 15) is 0 Å². The number of hydrogen-bond acceptors (Lipinski definition) is 5. The molecule has 7 heteroatoms. The second-order valence-corrected chi connectivity index (χ2v) is 7.37. The zero-order valence-corrected chi connectivity index (χ0v) is 15.6. The van der Waals surface area contributed by atoms with Crippen molar-refractivity contribution in [2.45, 2.75) is 6.61 Å². The molecule has 0 saturated heterocycles. The molecule has 0 aliphatic heterocycles. The van der Waals surface area contributed by atoms with Gasteiger partial charge < -0.3 is 4.74 Å². The highest BCUT2D eigenvalue weighted by atomic mass is 35.5. The lowest BCUT2D eigenvalue weighted by Crippen LogP contribution is -1.96. The van der Waals surface area contributed by atoms with Gasteiger partial charge in [-0.05, 0) is 41.3 Å². The van der Waals surface area contributed by atoms with Crippen molar-refractivity contribution in [1.29, 1.82) is 0 Å². The van der Waals surface area contributed by atoms with Gasteiger partial charge in [-0.1, -0.05) is 35.9 Å². The number of thiophene rings is 1. The Balaban J connectivity index is 1.45. The van der Waals surface area contributed by atoms with Crippen LogP contribution in [0.15, 0.2) is 66.3 Å². The van der Waals surface area contributed by atoms with Gasteiger partial charge in [-0.15, -0.1) is 16.4 Å². The van der Waals surface area contributed by atoms with Crippen molar-refractivity contribution in [3.63, 3.8) is 0 Å². The Kier molecular flexibility index (Phi) is 3.99. The SMILES string of the molecule is Clc1cccc(OCc2cccc(-c3nc4c5ccsc5ncn4n3)c2)c1. The van der Waals surface area contributed by atoms with E-state index in [1.54, 1.807) is 28.2 Å². The van der Waals surface area contributed by atoms with Crippen LogP contribution in [0.5, 0.6) is 5.75 Å². The van der Waals surface area contributed by atoms with Crippen molar-refractivity contribution in [3.05, 3.63) is 76.9 Å². The molecule has 0 amide bonds. The van der Waals surface area contributed by atoms with E-state index < -0.39 is 0 Å². The molecular formula is C20H13ClN4OS. The van der Waals surface area contributed by atoms with E-state index in [1.807, 2.05) is 53.9 Å². The van der Waals surface area contributed by atoms with E-state index in [4.69, 9.17) is 21.3 Å². The predicted molar refractivity (Wildman–Crippen MR) is 107 cm³/mol. The molecule has 3 aromatic heterocycles. The number of halogens is 1. The maximum atomic E-state index is 6.00. The van der Waals surface area contributed by atoms with Crippen LogP contribution in [0.1, 0.15) is 5.56 Å². The van der Waals surface area contributed by atoms with Crippen LogP contribution in [0.25, 0.3) is 27.3 Å². The van der Waals surface area contributed by atoms with Crippen LogP contribution < -0.4 is 4.74 Å². The number of rotatable bonds is 4. The Morgan fingerprint density at radius 3 is 2.93 bits per heavy atom. The maximum Gasteiger partial charge on any atom is 0.182 e. The summed E-state index contributed by atoms with van der Waals surface area (Å²) in [5, 5.41) is 8.26. The second kappa shape index (κ2) is 6.64. The molecule has 0 atom stereocenters. The van der Waals surface area contributed by atoms with Crippen molar-refractivity contribution in [1.82, 2.24) is 19.6 Å². The summed E-state index contributed by atoms with van der Waals surface area (Å²) < 4.78 is 7.55. The number of aromatic nitrogens is 4. The maximum absolute atomic E-state index is 6.00. The van der Waals surface area contributed by atoms with Crippen LogP contribution in [0.2, 0.25) is 5.02 Å². The van der Waals surface area contributed by atoms with E-state index >= 15 is 0 Å². The molecule has 27 heavy (non-hydrogen) atoms. The van der Waals surface area contributed by atoms with Gasteiger partial charge in [0.1, 0.15) is 23.5 Å². The fraction of sp³-hybridized carbons (Fsp3) is 0.0500. The Labute approximate surface area is 163 Å². The number of hydrogen-bond donors (Lipinski definition) is 0. The summed E-state index contributed by atoms with van der Waals surface area (Å²) in [5.41, 5.74) is 2.79. The quantitative estimate of drug-likeness (QED) is 0.419. The predicted octanol–water partition coefficient (Wildman–Crippen LogP) is 5.24. The standard InChI is InChI=1S/C20H13ClN4OS/c21-15-5-2-6-16(10-15)26-11-13-3-1-4-14(9-13)18-23-19-17-7-8-27-20(17)22-12-25(19)24-18/h1-10,12H,11H2. The van der Waals surface area contributed by atoms with Gasteiger partial charge in [0.15, 0.2) is 11.5 Å². The summed E-state index contributed by atoms with van der Waals surface area (Å²) in [4.78, 5) is 10.1. The van der Waals surface area contributed by atoms with E-state index in [0.717, 1.165) is 32.7 Å². The Hall–Kier alpha value is -2.96. The highest BCUT2D eigenvalue weighted by Crippen LogP contribution is 2.25. The van der Waals surface area contributed by atoms with Gasteiger partial charge in [-0.2, -0.15) is 0 Å². The summed E-state index contributed by atoms with van der Waals surface area (Å²) in [6.45, 7) is 0.442. The fourth-order valence-electron chi connectivity index (χ4n) is 2.91. The summed E-state index contributed by atoms with van der Waals surface area (Å²) in [6, 6.07) is 17.4. The van der Waals surface area contributed by atoms with Gasteiger partial charge in [-0.3, -0.25) is 0 Å². The first-order chi connectivity index (χ1) is 13.3. The molecule has 3 heterocycles. The van der Waals surface area contributed by atoms with Crippen molar-refractivity contribution in [3.8, 4) is 17.1 Å². The Morgan fingerprint density at radius 1 is 1.07 bits per heavy atom. The van der Waals surface area contributed by atoms with Crippen LogP contribution in [0.3, 0.4) is 0 Å². The summed E-state index contributed by atoms with van der Waals surface area (Å²) in [7, 11) is 0. The summed E-state index contributed by atoms with van der Waals surface area (Å²) in [6.07, 6.45) is 1.71. The van der Waals surface area contributed by atoms with Crippen LogP contribution >= 0.6 is 22.9 Å². The molecule has 0 N–H and O–H groups in total. The first-order valence-electron chi connectivity index (χ1n) is 8.32.